The van der Waals surface area contributed by atoms with Gasteiger partial charge in [-0.05, 0) is 43.9 Å². The molecule has 0 radical (unpaired) electrons. The minimum atomic E-state index is 0.568. The normalized spacial score (nSPS) is 36.4. The van der Waals surface area contributed by atoms with Crippen LogP contribution in [0.15, 0.2) is 0 Å². The quantitative estimate of drug-likeness (QED) is 0.758. The van der Waals surface area contributed by atoms with Gasteiger partial charge in [-0.15, -0.1) is 0 Å². The van der Waals surface area contributed by atoms with Crippen LogP contribution in [0.4, 0.5) is 0 Å². The summed E-state index contributed by atoms with van der Waals surface area (Å²) in [5, 5.41) is 3.83. The third-order valence-corrected chi connectivity index (χ3v) is 3.89. The summed E-state index contributed by atoms with van der Waals surface area (Å²) in [6, 6.07) is 1.48. The summed E-state index contributed by atoms with van der Waals surface area (Å²) in [4.78, 5) is 0. The molecule has 1 saturated heterocycles. The maximum atomic E-state index is 5.49. The van der Waals surface area contributed by atoms with Crippen LogP contribution >= 0.6 is 0 Å². The summed E-state index contributed by atoms with van der Waals surface area (Å²) in [6.07, 6.45) is 7.84. The fourth-order valence-electron chi connectivity index (χ4n) is 2.98. The van der Waals surface area contributed by atoms with Gasteiger partial charge in [0.2, 0.25) is 0 Å². The van der Waals surface area contributed by atoms with Crippen LogP contribution in [-0.4, -0.2) is 25.3 Å². The predicted octanol–water partition coefficient (Wildman–Crippen LogP) is 2.72. The maximum Gasteiger partial charge on any atom is 0.0480 e. The molecule has 15 heavy (non-hydrogen) atoms. The summed E-state index contributed by atoms with van der Waals surface area (Å²) >= 11 is 0. The number of hydrogen-bond acceptors (Lipinski definition) is 2. The lowest BCUT2D eigenvalue weighted by Gasteiger charge is -2.23. The van der Waals surface area contributed by atoms with Gasteiger partial charge in [-0.1, -0.05) is 13.8 Å². The minimum absolute atomic E-state index is 0.568. The lowest BCUT2D eigenvalue weighted by Crippen LogP contribution is -2.37. The van der Waals surface area contributed by atoms with Crippen molar-refractivity contribution in [2.24, 2.45) is 5.41 Å². The molecule has 1 N–H and O–H groups in total. The predicted molar refractivity (Wildman–Crippen MR) is 63.0 cm³/mol. The molecule has 1 aliphatic carbocycles. The fraction of sp³-hybridized carbons (Fsp3) is 1.00. The third kappa shape index (κ3) is 3.46. The second-order valence-corrected chi connectivity index (χ2v) is 6.01. The zero-order valence-corrected chi connectivity index (χ0v) is 10.2. The second-order valence-electron chi connectivity index (χ2n) is 6.01. The Morgan fingerprint density at radius 1 is 1.07 bits per heavy atom. The van der Waals surface area contributed by atoms with Gasteiger partial charge in [0.15, 0.2) is 0 Å². The van der Waals surface area contributed by atoms with E-state index in [-0.39, 0.29) is 0 Å². The van der Waals surface area contributed by atoms with E-state index in [2.05, 4.69) is 19.2 Å². The third-order valence-electron chi connectivity index (χ3n) is 3.89. The van der Waals surface area contributed by atoms with Gasteiger partial charge in [-0.2, -0.15) is 0 Å². The van der Waals surface area contributed by atoms with Gasteiger partial charge >= 0.3 is 0 Å². The molecule has 2 fully saturated rings. The van der Waals surface area contributed by atoms with Crippen LogP contribution in [0.5, 0.6) is 0 Å². The van der Waals surface area contributed by atoms with Gasteiger partial charge in [-0.3, -0.25) is 0 Å². The summed E-state index contributed by atoms with van der Waals surface area (Å²) in [7, 11) is 0. The highest BCUT2D eigenvalue weighted by Crippen LogP contribution is 2.37. The van der Waals surface area contributed by atoms with Gasteiger partial charge in [0.25, 0.3) is 0 Å². The van der Waals surface area contributed by atoms with E-state index in [0.29, 0.717) is 11.5 Å². The number of hydrogen-bond donors (Lipinski definition) is 1. The van der Waals surface area contributed by atoms with E-state index >= 15 is 0 Å². The first-order chi connectivity index (χ1) is 7.16. The summed E-state index contributed by atoms with van der Waals surface area (Å²) in [5.74, 6) is 0. The smallest absolute Gasteiger partial charge is 0.0480 e. The highest BCUT2D eigenvalue weighted by Gasteiger charge is 2.31. The zero-order valence-electron chi connectivity index (χ0n) is 10.2. The zero-order chi connectivity index (χ0) is 10.7. The van der Waals surface area contributed by atoms with Crippen LogP contribution in [0.25, 0.3) is 0 Å². The molecule has 2 atom stereocenters. The molecule has 2 aliphatic rings. The van der Waals surface area contributed by atoms with Crippen molar-refractivity contribution in [3.8, 4) is 0 Å². The molecule has 2 rings (SSSR count). The molecule has 0 aromatic heterocycles. The number of nitrogens with one attached hydrogen (secondary N) is 1. The molecule has 0 amide bonds. The van der Waals surface area contributed by atoms with Gasteiger partial charge in [0.05, 0.1) is 0 Å². The average molecular weight is 211 g/mol. The Kier molecular flexibility index (Phi) is 3.68. The Balaban J connectivity index is 1.76. The molecule has 0 spiro atoms. The topological polar surface area (TPSA) is 21.3 Å². The van der Waals surface area contributed by atoms with Crippen LogP contribution in [0, 0.1) is 5.41 Å². The van der Waals surface area contributed by atoms with E-state index in [9.17, 15) is 0 Å². The Morgan fingerprint density at radius 2 is 1.93 bits per heavy atom. The first-order valence-electron chi connectivity index (χ1n) is 6.49. The average Bonchev–Trinajstić information content (AvgIpc) is 2.41. The Morgan fingerprint density at radius 3 is 2.67 bits per heavy atom. The highest BCUT2D eigenvalue weighted by molar-refractivity contribution is 4.88. The van der Waals surface area contributed by atoms with Crippen molar-refractivity contribution in [3.05, 3.63) is 0 Å². The monoisotopic (exact) mass is 211 g/mol. The van der Waals surface area contributed by atoms with Crippen molar-refractivity contribution in [2.75, 3.05) is 13.2 Å². The first kappa shape index (κ1) is 11.4. The van der Waals surface area contributed by atoms with Crippen molar-refractivity contribution in [1.82, 2.24) is 5.32 Å². The van der Waals surface area contributed by atoms with Crippen molar-refractivity contribution in [2.45, 2.75) is 64.5 Å². The van der Waals surface area contributed by atoms with Crippen LogP contribution in [0.2, 0.25) is 0 Å². The van der Waals surface area contributed by atoms with Gasteiger partial charge in [-0.25, -0.2) is 0 Å². The standard InChI is InChI=1S/C13H25NO/c1-13(2)7-5-12(10-13)14-11-4-3-8-15-9-6-11/h11-12,14H,3-10H2,1-2H3. The Hall–Kier alpha value is -0.0800. The number of rotatable bonds is 2. The second kappa shape index (κ2) is 4.84. The number of ether oxygens (including phenoxy) is 1. The molecule has 2 nitrogen and oxygen atoms in total. The van der Waals surface area contributed by atoms with Crippen molar-refractivity contribution in [1.29, 1.82) is 0 Å². The van der Waals surface area contributed by atoms with Crippen molar-refractivity contribution >= 4 is 0 Å². The van der Waals surface area contributed by atoms with E-state index in [1.54, 1.807) is 0 Å². The van der Waals surface area contributed by atoms with Gasteiger partial charge in [0, 0.05) is 25.3 Å². The minimum Gasteiger partial charge on any atom is -0.381 e. The van der Waals surface area contributed by atoms with Crippen LogP contribution < -0.4 is 5.32 Å². The molecule has 0 aromatic rings. The summed E-state index contributed by atoms with van der Waals surface area (Å²) in [5.41, 5.74) is 0.568. The van der Waals surface area contributed by atoms with Gasteiger partial charge < -0.3 is 10.1 Å². The molecule has 1 heterocycles. The van der Waals surface area contributed by atoms with E-state index in [0.717, 1.165) is 19.3 Å². The van der Waals surface area contributed by atoms with Crippen LogP contribution in [0.3, 0.4) is 0 Å². The van der Waals surface area contributed by atoms with Crippen molar-refractivity contribution in [3.63, 3.8) is 0 Å². The van der Waals surface area contributed by atoms with E-state index in [1.165, 1.54) is 38.5 Å². The van der Waals surface area contributed by atoms with Crippen LogP contribution in [-0.2, 0) is 4.74 Å². The maximum absolute atomic E-state index is 5.49. The van der Waals surface area contributed by atoms with Crippen LogP contribution in [0.1, 0.15) is 52.4 Å². The molecule has 2 unspecified atom stereocenters. The molecule has 1 aliphatic heterocycles. The highest BCUT2D eigenvalue weighted by atomic mass is 16.5. The fourth-order valence-corrected chi connectivity index (χ4v) is 2.98. The molecule has 1 saturated carbocycles. The molecule has 0 aromatic carbocycles. The Bertz CT molecular complexity index is 192. The molecular weight excluding hydrogens is 186 g/mol. The molecule has 0 bridgehead atoms. The van der Waals surface area contributed by atoms with E-state index < -0.39 is 0 Å². The Labute approximate surface area is 93.8 Å². The van der Waals surface area contributed by atoms with Gasteiger partial charge in [0.1, 0.15) is 0 Å². The largest absolute Gasteiger partial charge is 0.381 e. The lowest BCUT2D eigenvalue weighted by molar-refractivity contribution is 0.142. The first-order valence-corrected chi connectivity index (χ1v) is 6.49. The molecule has 2 heteroatoms. The lowest BCUT2D eigenvalue weighted by atomic mass is 9.91. The van der Waals surface area contributed by atoms with E-state index in [1.807, 2.05) is 0 Å². The van der Waals surface area contributed by atoms with E-state index in [4.69, 9.17) is 4.74 Å². The summed E-state index contributed by atoms with van der Waals surface area (Å²) < 4.78 is 5.49. The SMILES string of the molecule is CC1(C)CCC(NC2CCCOCC2)C1. The molecule has 88 valence electrons. The van der Waals surface area contributed by atoms with Crippen molar-refractivity contribution < 1.29 is 4.74 Å². The molecular formula is C13H25NO. The summed E-state index contributed by atoms with van der Waals surface area (Å²) in [6.45, 7) is 6.71.